The molecule has 0 amide bonds. The summed E-state index contributed by atoms with van der Waals surface area (Å²) >= 11 is 0. The molecule has 0 radical (unpaired) electrons. The molecule has 2 fully saturated rings. The Morgan fingerprint density at radius 1 is 1.23 bits per heavy atom. The van der Waals surface area contributed by atoms with Crippen molar-refractivity contribution in [2.45, 2.75) is 84.4 Å². The Labute approximate surface area is 187 Å². The summed E-state index contributed by atoms with van der Waals surface area (Å²) in [5.41, 5.74) is -1.04. The topological polar surface area (TPSA) is 82.1 Å². The lowest BCUT2D eigenvalue weighted by atomic mass is 9.59. The fourth-order valence-electron chi connectivity index (χ4n) is 6.93. The van der Waals surface area contributed by atoms with Crippen molar-refractivity contribution in [3.05, 3.63) is 23.8 Å². The summed E-state index contributed by atoms with van der Waals surface area (Å²) < 4.78 is 41.9. The monoisotopic (exact) mass is 454 g/mol. The maximum absolute atomic E-state index is 12.2. The lowest BCUT2D eigenvalue weighted by molar-refractivity contribution is -0.162. The number of aliphatic hydroxyl groups is 1. The standard InChI is InChI=1S/C24H38O6S/c1-15(2)18-20-19(29-21(4,5)30-20)17-13-24(25)16(3)9-8-10-23(24,12-11-22(17,18)6)14-28-31(7,26)27/h8-9,13,15-16,18-20,25H,10-12,14H2,1-7H3/t16-,18+,19-,20+,22+,23-,24-/m1/s1. The van der Waals surface area contributed by atoms with Crippen molar-refractivity contribution >= 4 is 10.1 Å². The molecule has 1 saturated carbocycles. The van der Waals surface area contributed by atoms with Crippen molar-refractivity contribution in [1.82, 2.24) is 0 Å². The van der Waals surface area contributed by atoms with Crippen LogP contribution in [0.5, 0.6) is 0 Å². The third-order valence-corrected chi connectivity index (χ3v) is 8.97. The zero-order valence-electron chi connectivity index (χ0n) is 19.8. The van der Waals surface area contributed by atoms with Gasteiger partial charge in [-0.05, 0) is 62.0 Å². The minimum absolute atomic E-state index is 0.0276. The van der Waals surface area contributed by atoms with Gasteiger partial charge in [0, 0.05) is 11.3 Å². The third kappa shape index (κ3) is 3.55. The van der Waals surface area contributed by atoms with E-state index in [4.69, 9.17) is 13.7 Å². The van der Waals surface area contributed by atoms with Crippen LogP contribution < -0.4 is 0 Å². The fourth-order valence-corrected chi connectivity index (χ4v) is 7.37. The molecule has 1 heterocycles. The van der Waals surface area contributed by atoms with Crippen LogP contribution in [0.15, 0.2) is 23.8 Å². The number of rotatable bonds is 4. The van der Waals surface area contributed by atoms with E-state index in [9.17, 15) is 13.5 Å². The quantitative estimate of drug-likeness (QED) is 0.514. The largest absolute Gasteiger partial charge is 0.384 e. The van der Waals surface area contributed by atoms with Crippen LogP contribution in [0, 0.1) is 28.6 Å². The Bertz CT molecular complexity index is 905. The predicted molar refractivity (Wildman–Crippen MR) is 119 cm³/mol. The third-order valence-electron chi connectivity index (χ3n) is 8.43. The average Bonchev–Trinajstić information content (AvgIpc) is 2.99. The molecule has 0 unspecified atom stereocenters. The van der Waals surface area contributed by atoms with Crippen LogP contribution in [0.4, 0.5) is 0 Å². The van der Waals surface area contributed by atoms with Crippen molar-refractivity contribution in [3.8, 4) is 0 Å². The zero-order valence-corrected chi connectivity index (χ0v) is 20.7. The van der Waals surface area contributed by atoms with Crippen molar-refractivity contribution in [2.24, 2.45) is 28.6 Å². The molecule has 176 valence electrons. The van der Waals surface area contributed by atoms with Gasteiger partial charge < -0.3 is 14.6 Å². The highest BCUT2D eigenvalue weighted by molar-refractivity contribution is 7.85. The predicted octanol–water partition coefficient (Wildman–Crippen LogP) is 3.81. The van der Waals surface area contributed by atoms with Gasteiger partial charge >= 0.3 is 0 Å². The van der Waals surface area contributed by atoms with E-state index in [-0.39, 0.29) is 36.1 Å². The molecule has 0 aromatic heterocycles. The Morgan fingerprint density at radius 3 is 2.52 bits per heavy atom. The smallest absolute Gasteiger partial charge is 0.264 e. The fraction of sp³-hybridized carbons (Fsp3) is 0.833. The molecule has 7 heteroatoms. The summed E-state index contributed by atoms with van der Waals surface area (Å²) in [4.78, 5) is 0. The molecule has 1 N–H and O–H groups in total. The number of ether oxygens (including phenoxy) is 2. The van der Waals surface area contributed by atoms with E-state index in [1.807, 2.05) is 32.9 Å². The van der Waals surface area contributed by atoms with Crippen molar-refractivity contribution < 1.29 is 27.2 Å². The molecule has 4 aliphatic rings. The molecular formula is C24H38O6S. The molecule has 3 aliphatic carbocycles. The Balaban J connectivity index is 1.86. The highest BCUT2D eigenvalue weighted by atomic mass is 32.2. The van der Waals surface area contributed by atoms with Crippen molar-refractivity contribution in [1.29, 1.82) is 0 Å². The first-order valence-electron chi connectivity index (χ1n) is 11.5. The molecular weight excluding hydrogens is 416 g/mol. The second-order valence-electron chi connectivity index (χ2n) is 11.3. The Kier molecular flexibility index (Phi) is 5.39. The van der Waals surface area contributed by atoms with Crippen LogP contribution in [-0.2, 0) is 23.8 Å². The summed E-state index contributed by atoms with van der Waals surface area (Å²) in [6.45, 7) is 12.6. The number of fused-ring (bicyclic) bond motifs is 4. The van der Waals surface area contributed by atoms with Crippen LogP contribution in [-0.4, -0.2) is 50.0 Å². The first-order valence-corrected chi connectivity index (χ1v) is 13.3. The van der Waals surface area contributed by atoms with Gasteiger partial charge in [-0.1, -0.05) is 39.8 Å². The molecule has 1 saturated heterocycles. The van der Waals surface area contributed by atoms with Crippen LogP contribution >= 0.6 is 0 Å². The minimum atomic E-state index is -3.62. The molecule has 0 aromatic rings. The van der Waals surface area contributed by atoms with Crippen LogP contribution in [0.2, 0.25) is 0 Å². The lowest BCUT2D eigenvalue weighted by Crippen LogP contribution is -2.55. The van der Waals surface area contributed by atoms with Crippen molar-refractivity contribution in [2.75, 3.05) is 12.9 Å². The first kappa shape index (κ1) is 23.4. The minimum Gasteiger partial charge on any atom is -0.384 e. The summed E-state index contributed by atoms with van der Waals surface area (Å²) in [6, 6.07) is 0. The second kappa shape index (κ2) is 7.13. The summed E-state index contributed by atoms with van der Waals surface area (Å²) in [5, 5.41) is 12.2. The van der Waals surface area contributed by atoms with Crippen LogP contribution in [0.3, 0.4) is 0 Å². The average molecular weight is 455 g/mol. The normalized spacial score (nSPS) is 46.3. The van der Waals surface area contributed by atoms with Gasteiger partial charge in [-0.3, -0.25) is 4.18 Å². The van der Waals surface area contributed by atoms with Gasteiger partial charge in [-0.15, -0.1) is 0 Å². The van der Waals surface area contributed by atoms with E-state index in [0.717, 1.165) is 18.2 Å². The van der Waals surface area contributed by atoms with Gasteiger partial charge in [0.1, 0.15) is 6.10 Å². The number of hydrogen-bond acceptors (Lipinski definition) is 6. The maximum Gasteiger partial charge on any atom is 0.264 e. The zero-order chi connectivity index (χ0) is 23.0. The van der Waals surface area contributed by atoms with Gasteiger partial charge in [0.15, 0.2) is 5.79 Å². The Morgan fingerprint density at radius 2 is 1.90 bits per heavy atom. The summed E-state index contributed by atoms with van der Waals surface area (Å²) in [5.74, 6) is -0.236. The van der Waals surface area contributed by atoms with E-state index < -0.39 is 26.9 Å². The maximum atomic E-state index is 12.2. The first-order chi connectivity index (χ1) is 14.1. The van der Waals surface area contributed by atoms with E-state index >= 15 is 0 Å². The van der Waals surface area contributed by atoms with Gasteiger partial charge in [-0.2, -0.15) is 8.42 Å². The van der Waals surface area contributed by atoms with E-state index in [0.29, 0.717) is 18.8 Å². The van der Waals surface area contributed by atoms with Crippen molar-refractivity contribution in [3.63, 3.8) is 0 Å². The second-order valence-corrected chi connectivity index (χ2v) is 12.9. The SMILES string of the molecule is CC(C)[C@H]1[C@@H]2OC(C)(C)O[C@@H]2C2=C[C@@]3(O)[C@H](C)C=CC[C@]3(COS(C)(=O)=O)CC[C@@]21C. The van der Waals surface area contributed by atoms with E-state index in [2.05, 4.69) is 26.8 Å². The summed E-state index contributed by atoms with van der Waals surface area (Å²) in [7, 11) is -3.62. The highest BCUT2D eigenvalue weighted by Gasteiger charge is 2.65. The number of allylic oxidation sites excluding steroid dienone is 1. The molecule has 0 aromatic carbocycles. The van der Waals surface area contributed by atoms with E-state index in [1.54, 1.807) is 0 Å². The van der Waals surface area contributed by atoms with Gasteiger partial charge in [0.05, 0.1) is 24.6 Å². The molecule has 0 spiro atoms. The summed E-state index contributed by atoms with van der Waals surface area (Å²) in [6.07, 6.45) is 8.98. The van der Waals surface area contributed by atoms with E-state index in [1.165, 1.54) is 0 Å². The van der Waals surface area contributed by atoms with Gasteiger partial charge in [0.2, 0.25) is 0 Å². The molecule has 6 nitrogen and oxygen atoms in total. The highest BCUT2D eigenvalue weighted by Crippen LogP contribution is 2.64. The lowest BCUT2D eigenvalue weighted by Gasteiger charge is -2.50. The molecule has 7 atom stereocenters. The molecule has 1 aliphatic heterocycles. The van der Waals surface area contributed by atoms with Gasteiger partial charge in [-0.25, -0.2) is 0 Å². The number of hydrogen-bond donors (Lipinski definition) is 1. The van der Waals surface area contributed by atoms with Gasteiger partial charge in [0.25, 0.3) is 10.1 Å². The Hall–Kier alpha value is -0.730. The van der Waals surface area contributed by atoms with Crippen LogP contribution in [0.1, 0.15) is 60.8 Å². The molecule has 0 bridgehead atoms. The molecule has 4 rings (SSSR count). The van der Waals surface area contributed by atoms with Crippen LogP contribution in [0.25, 0.3) is 0 Å². The molecule has 31 heavy (non-hydrogen) atoms.